The fourth-order valence-electron chi connectivity index (χ4n) is 2.13. The minimum Gasteiger partial charge on any atom is -0.484 e. The van der Waals surface area contributed by atoms with E-state index in [9.17, 15) is 14.0 Å². The summed E-state index contributed by atoms with van der Waals surface area (Å²) in [6.45, 7) is 3.54. The maximum atomic E-state index is 13.3. The third kappa shape index (κ3) is 6.89. The Bertz CT molecular complexity index is 919. The molecule has 2 amide bonds. The second-order valence-corrected chi connectivity index (χ2v) is 6.21. The van der Waals surface area contributed by atoms with Crippen LogP contribution < -0.4 is 24.8 Å². The largest absolute Gasteiger partial charge is 0.484 e. The predicted octanol–water partition coefficient (Wildman–Crippen LogP) is 2.12. The molecule has 0 aliphatic rings. The molecule has 1 aromatic carbocycles. The Morgan fingerprint density at radius 1 is 1.17 bits per heavy atom. The number of rotatable bonds is 10. The number of halogens is 2. The van der Waals surface area contributed by atoms with Crippen LogP contribution in [0.5, 0.6) is 17.5 Å². The van der Waals surface area contributed by atoms with Crippen LogP contribution >= 0.6 is 11.6 Å². The summed E-state index contributed by atoms with van der Waals surface area (Å²) in [6, 6.07) is 5.29. The van der Waals surface area contributed by atoms with Crippen LogP contribution in [0.2, 0.25) is 5.02 Å². The molecule has 0 radical (unpaired) electrons. The van der Waals surface area contributed by atoms with Gasteiger partial charge in [-0.3, -0.25) is 9.59 Å². The zero-order valence-electron chi connectivity index (χ0n) is 16.3. The van der Waals surface area contributed by atoms with E-state index < -0.39 is 17.6 Å². The zero-order valence-corrected chi connectivity index (χ0v) is 17.1. The first-order valence-electron chi connectivity index (χ1n) is 8.63. The van der Waals surface area contributed by atoms with Gasteiger partial charge in [-0.05, 0) is 12.1 Å². The Hall–Kier alpha value is -3.40. The number of nitrogens with one attached hydrogen (secondary N) is 2. The van der Waals surface area contributed by atoms with E-state index in [1.54, 1.807) is 0 Å². The molecule has 0 saturated carbocycles. The quantitative estimate of drug-likeness (QED) is 0.584. The van der Waals surface area contributed by atoms with Crippen molar-refractivity contribution in [1.29, 1.82) is 0 Å². The van der Waals surface area contributed by atoms with Gasteiger partial charge in [-0.1, -0.05) is 18.2 Å². The fraction of sp³-hybridized carbons (Fsp3) is 0.263. The number of nitrogens with zero attached hydrogens (tertiary/aromatic N) is 2. The lowest BCUT2D eigenvalue weighted by molar-refractivity contribution is -0.122. The molecule has 30 heavy (non-hydrogen) atoms. The van der Waals surface area contributed by atoms with Crippen molar-refractivity contribution < 1.29 is 28.2 Å². The monoisotopic (exact) mass is 438 g/mol. The lowest BCUT2D eigenvalue weighted by atomic mass is 10.3. The van der Waals surface area contributed by atoms with Gasteiger partial charge in [0.2, 0.25) is 17.6 Å². The number of ether oxygens (including phenoxy) is 3. The fourth-order valence-corrected chi connectivity index (χ4v) is 2.25. The molecule has 1 heterocycles. The summed E-state index contributed by atoms with van der Waals surface area (Å²) < 4.78 is 28.5. The normalized spacial score (nSPS) is 10.1. The molecule has 9 nitrogen and oxygen atoms in total. The maximum absolute atomic E-state index is 13.3. The minimum atomic E-state index is -0.646. The third-order valence-electron chi connectivity index (χ3n) is 3.59. The Labute approximate surface area is 177 Å². The second kappa shape index (κ2) is 11.0. The van der Waals surface area contributed by atoms with Gasteiger partial charge >= 0.3 is 0 Å². The van der Waals surface area contributed by atoms with E-state index in [4.69, 9.17) is 25.8 Å². The first-order chi connectivity index (χ1) is 14.3. The van der Waals surface area contributed by atoms with E-state index in [0.29, 0.717) is 5.70 Å². The number of benzene rings is 1. The van der Waals surface area contributed by atoms with Crippen molar-refractivity contribution in [1.82, 2.24) is 20.6 Å². The Balaban J connectivity index is 1.75. The summed E-state index contributed by atoms with van der Waals surface area (Å²) in [7, 11) is 2.81. The topological polar surface area (TPSA) is 112 Å². The predicted molar refractivity (Wildman–Crippen MR) is 106 cm³/mol. The van der Waals surface area contributed by atoms with Gasteiger partial charge in [-0.2, -0.15) is 9.97 Å². The van der Waals surface area contributed by atoms with Crippen molar-refractivity contribution >= 4 is 23.4 Å². The third-order valence-corrected chi connectivity index (χ3v) is 3.90. The van der Waals surface area contributed by atoms with Gasteiger partial charge < -0.3 is 24.8 Å². The van der Waals surface area contributed by atoms with Crippen LogP contribution in [-0.2, 0) is 4.79 Å². The number of methoxy groups -OCH3 is 2. The van der Waals surface area contributed by atoms with Crippen LogP contribution in [-0.4, -0.2) is 49.2 Å². The first-order valence-corrected chi connectivity index (χ1v) is 9.01. The summed E-state index contributed by atoms with van der Waals surface area (Å²) in [5.41, 5.74) is 0.357. The molecular weight excluding hydrogens is 419 g/mol. The highest BCUT2D eigenvalue weighted by Gasteiger charge is 2.13. The van der Waals surface area contributed by atoms with E-state index in [2.05, 4.69) is 27.2 Å². The molecule has 2 rings (SSSR count). The van der Waals surface area contributed by atoms with Gasteiger partial charge in [0.1, 0.15) is 11.6 Å². The van der Waals surface area contributed by atoms with Gasteiger partial charge in [0, 0.05) is 24.7 Å². The Morgan fingerprint density at radius 2 is 1.83 bits per heavy atom. The average Bonchev–Trinajstić information content (AvgIpc) is 2.73. The van der Waals surface area contributed by atoms with Crippen LogP contribution in [0.15, 0.2) is 36.5 Å². The van der Waals surface area contributed by atoms with Crippen molar-refractivity contribution in [2.24, 2.45) is 0 Å². The highest BCUT2D eigenvalue weighted by Crippen LogP contribution is 2.20. The smallest absolute Gasteiger partial charge is 0.289 e. The van der Waals surface area contributed by atoms with E-state index in [1.165, 1.54) is 32.4 Å². The Kier molecular flexibility index (Phi) is 8.36. The molecule has 0 aliphatic heterocycles. The molecule has 2 N–H and O–H groups in total. The minimum absolute atomic E-state index is 0.0417. The van der Waals surface area contributed by atoms with E-state index >= 15 is 0 Å². The molecule has 0 bridgehead atoms. The molecule has 11 heteroatoms. The van der Waals surface area contributed by atoms with Gasteiger partial charge in [0.25, 0.3) is 11.8 Å². The van der Waals surface area contributed by atoms with E-state index in [-0.39, 0.29) is 47.9 Å². The van der Waals surface area contributed by atoms with Crippen LogP contribution in [0, 0.1) is 5.82 Å². The standard InChI is InChI=1S/C19H20ClFN4O5/c1-11(23-15(26)10-30-12-4-5-13(20)14(21)8-12)6-7-22-19(27)18-24-16(28-2)9-17(25-18)29-3/h4-5,8-9H,1,6-7,10H2,2-3H3,(H,22,27)(H,23,26). The van der Waals surface area contributed by atoms with Gasteiger partial charge in [-0.15, -0.1) is 0 Å². The van der Waals surface area contributed by atoms with Gasteiger partial charge in [-0.25, -0.2) is 4.39 Å². The molecule has 160 valence electrons. The summed E-state index contributed by atoms with van der Waals surface area (Å²) in [6.07, 6.45) is 0.258. The lowest BCUT2D eigenvalue weighted by Crippen LogP contribution is -2.31. The molecule has 0 aliphatic carbocycles. The van der Waals surface area contributed by atoms with Crippen LogP contribution in [0.1, 0.15) is 17.0 Å². The SMILES string of the molecule is C=C(CCNC(=O)c1nc(OC)cc(OC)n1)NC(=O)COc1ccc(Cl)c(F)c1. The highest BCUT2D eigenvalue weighted by molar-refractivity contribution is 6.30. The molecule has 0 fully saturated rings. The molecule has 0 spiro atoms. The van der Waals surface area contributed by atoms with E-state index in [0.717, 1.165) is 6.07 Å². The molecular formula is C19H20ClFN4O5. The molecule has 0 saturated heterocycles. The van der Waals surface area contributed by atoms with Crippen molar-refractivity contribution in [3.05, 3.63) is 53.2 Å². The second-order valence-electron chi connectivity index (χ2n) is 5.80. The number of carbonyl (C=O) groups excluding carboxylic acids is 2. The van der Waals surface area contributed by atoms with Crippen LogP contribution in [0.25, 0.3) is 0 Å². The van der Waals surface area contributed by atoms with Gasteiger partial charge in [0.05, 0.1) is 25.3 Å². The van der Waals surface area contributed by atoms with Gasteiger partial charge in [0.15, 0.2) is 6.61 Å². The number of hydrogen-bond donors (Lipinski definition) is 2. The summed E-state index contributed by atoms with van der Waals surface area (Å²) >= 11 is 5.58. The van der Waals surface area contributed by atoms with Crippen molar-refractivity contribution in [2.45, 2.75) is 6.42 Å². The molecule has 0 unspecified atom stereocenters. The van der Waals surface area contributed by atoms with Crippen LogP contribution in [0.4, 0.5) is 4.39 Å². The Morgan fingerprint density at radius 3 is 2.43 bits per heavy atom. The van der Waals surface area contributed by atoms with Crippen molar-refractivity contribution in [3.8, 4) is 17.5 Å². The molecule has 2 aromatic rings. The number of amides is 2. The molecule has 0 atom stereocenters. The maximum Gasteiger partial charge on any atom is 0.289 e. The van der Waals surface area contributed by atoms with Crippen LogP contribution in [0.3, 0.4) is 0 Å². The highest BCUT2D eigenvalue weighted by atomic mass is 35.5. The molecule has 1 aromatic heterocycles. The first kappa shape index (κ1) is 22.9. The summed E-state index contributed by atoms with van der Waals surface area (Å²) in [4.78, 5) is 31.9. The zero-order chi connectivity index (χ0) is 22.1. The number of aromatic nitrogens is 2. The summed E-state index contributed by atoms with van der Waals surface area (Å²) in [5, 5.41) is 5.09. The average molecular weight is 439 g/mol. The van der Waals surface area contributed by atoms with Crippen molar-refractivity contribution in [3.63, 3.8) is 0 Å². The van der Waals surface area contributed by atoms with E-state index in [1.807, 2.05) is 0 Å². The summed E-state index contributed by atoms with van der Waals surface area (Å²) in [5.74, 6) is -1.26. The van der Waals surface area contributed by atoms with Crippen molar-refractivity contribution in [2.75, 3.05) is 27.4 Å². The lowest BCUT2D eigenvalue weighted by Gasteiger charge is -2.11. The number of carbonyl (C=O) groups is 2. The number of hydrogen-bond acceptors (Lipinski definition) is 7.